The van der Waals surface area contributed by atoms with E-state index in [0.717, 1.165) is 10.9 Å². The summed E-state index contributed by atoms with van der Waals surface area (Å²) in [6.45, 7) is 1.83. The first-order valence-corrected chi connectivity index (χ1v) is 7.08. The standard InChI is InChI=1S/C14H9IN2O4/c1-7-4-11(18)21-10-5-8(2-3-9(7)10)20-14-12(15)13(19)16-6-17-14/h2-6H,1H3,(H,16,17,19). The smallest absolute Gasteiger partial charge is 0.336 e. The molecule has 0 aliphatic heterocycles. The summed E-state index contributed by atoms with van der Waals surface area (Å²) in [5.74, 6) is 0.640. The average Bonchev–Trinajstić information content (AvgIpc) is 2.43. The van der Waals surface area contributed by atoms with Crippen LogP contribution in [-0.2, 0) is 0 Å². The molecule has 2 aromatic heterocycles. The molecule has 1 aromatic carbocycles. The molecule has 106 valence electrons. The minimum atomic E-state index is -0.416. The lowest BCUT2D eigenvalue weighted by Gasteiger charge is -2.07. The molecule has 0 spiro atoms. The topological polar surface area (TPSA) is 85.2 Å². The second kappa shape index (κ2) is 5.32. The number of halogens is 1. The first-order chi connectivity index (χ1) is 10.0. The summed E-state index contributed by atoms with van der Waals surface area (Å²) in [6, 6.07) is 6.56. The first kappa shape index (κ1) is 13.8. The molecule has 0 amide bonds. The Hall–Kier alpha value is -2.16. The Labute approximate surface area is 131 Å². The molecule has 0 radical (unpaired) electrons. The van der Waals surface area contributed by atoms with Gasteiger partial charge in [0.05, 0.1) is 6.33 Å². The van der Waals surface area contributed by atoms with Crippen LogP contribution in [0.5, 0.6) is 11.6 Å². The monoisotopic (exact) mass is 396 g/mol. The maximum atomic E-state index is 11.5. The second-order valence-corrected chi connectivity index (χ2v) is 5.44. The molecule has 0 bridgehead atoms. The number of fused-ring (bicyclic) bond motifs is 1. The zero-order valence-corrected chi connectivity index (χ0v) is 13.0. The normalized spacial score (nSPS) is 10.8. The summed E-state index contributed by atoms with van der Waals surface area (Å²) in [5, 5.41) is 0.829. The second-order valence-electron chi connectivity index (χ2n) is 4.36. The van der Waals surface area contributed by atoms with E-state index in [9.17, 15) is 9.59 Å². The van der Waals surface area contributed by atoms with Gasteiger partial charge in [-0.05, 0) is 47.2 Å². The van der Waals surface area contributed by atoms with Gasteiger partial charge in [-0.1, -0.05) is 0 Å². The van der Waals surface area contributed by atoms with Crippen LogP contribution in [0.4, 0.5) is 0 Å². The third-order valence-corrected chi connectivity index (χ3v) is 3.85. The highest BCUT2D eigenvalue weighted by Crippen LogP contribution is 2.26. The molecule has 3 rings (SSSR count). The van der Waals surface area contributed by atoms with Crippen LogP contribution in [0.3, 0.4) is 0 Å². The number of nitrogens with one attached hydrogen (secondary N) is 1. The fourth-order valence-corrected chi connectivity index (χ4v) is 2.32. The van der Waals surface area contributed by atoms with E-state index in [2.05, 4.69) is 9.97 Å². The highest BCUT2D eigenvalue weighted by Gasteiger charge is 2.09. The third kappa shape index (κ3) is 2.68. The average molecular weight is 396 g/mol. The van der Waals surface area contributed by atoms with Crippen molar-refractivity contribution >= 4 is 33.6 Å². The Bertz CT molecular complexity index is 946. The van der Waals surface area contributed by atoms with Crippen molar-refractivity contribution in [1.82, 2.24) is 9.97 Å². The number of hydrogen-bond acceptors (Lipinski definition) is 5. The van der Waals surface area contributed by atoms with Gasteiger partial charge in [-0.25, -0.2) is 9.78 Å². The number of rotatable bonds is 2. The summed E-state index contributed by atoms with van der Waals surface area (Å²) in [4.78, 5) is 29.3. The number of H-pyrrole nitrogens is 1. The van der Waals surface area contributed by atoms with Crippen molar-refractivity contribution in [2.24, 2.45) is 0 Å². The summed E-state index contributed by atoms with van der Waals surface area (Å²) < 4.78 is 11.1. The molecule has 7 heteroatoms. The lowest BCUT2D eigenvalue weighted by molar-refractivity contribution is 0.455. The van der Waals surface area contributed by atoms with Crippen LogP contribution in [0, 0.1) is 10.5 Å². The van der Waals surface area contributed by atoms with Gasteiger partial charge in [0.15, 0.2) is 0 Å². The highest BCUT2D eigenvalue weighted by molar-refractivity contribution is 14.1. The molecule has 1 N–H and O–H groups in total. The Balaban J connectivity index is 2.08. The van der Waals surface area contributed by atoms with Crippen molar-refractivity contribution in [1.29, 1.82) is 0 Å². The lowest BCUT2D eigenvalue weighted by atomic mass is 10.1. The Morgan fingerprint density at radius 3 is 2.90 bits per heavy atom. The number of ether oxygens (including phenoxy) is 1. The predicted octanol–water partition coefficient (Wildman–Crippen LogP) is 2.58. The summed E-state index contributed by atoms with van der Waals surface area (Å²) >= 11 is 1.86. The van der Waals surface area contributed by atoms with E-state index in [-0.39, 0.29) is 11.4 Å². The van der Waals surface area contributed by atoms with E-state index in [1.165, 1.54) is 12.4 Å². The Kier molecular flexibility index (Phi) is 3.50. The fraction of sp³-hybridized carbons (Fsp3) is 0.0714. The first-order valence-electron chi connectivity index (χ1n) is 6.00. The van der Waals surface area contributed by atoms with E-state index in [1.807, 2.05) is 29.5 Å². The van der Waals surface area contributed by atoms with Crippen molar-refractivity contribution in [3.8, 4) is 11.6 Å². The maximum absolute atomic E-state index is 11.5. The number of hydrogen-bond donors (Lipinski definition) is 1. The minimum Gasteiger partial charge on any atom is -0.438 e. The van der Waals surface area contributed by atoms with Crippen LogP contribution in [0.25, 0.3) is 11.0 Å². The fourth-order valence-electron chi connectivity index (χ4n) is 1.92. The number of nitrogens with zero attached hydrogens (tertiary/aromatic N) is 1. The molecule has 0 atom stereocenters. The van der Waals surface area contributed by atoms with Gasteiger partial charge in [0.25, 0.3) is 5.56 Å². The molecule has 3 aromatic rings. The maximum Gasteiger partial charge on any atom is 0.336 e. The largest absolute Gasteiger partial charge is 0.438 e. The van der Waals surface area contributed by atoms with Crippen molar-refractivity contribution in [2.75, 3.05) is 0 Å². The van der Waals surface area contributed by atoms with Gasteiger partial charge in [0, 0.05) is 17.5 Å². The van der Waals surface area contributed by atoms with Crippen LogP contribution in [0.2, 0.25) is 0 Å². The highest BCUT2D eigenvalue weighted by atomic mass is 127. The van der Waals surface area contributed by atoms with Crippen LogP contribution in [-0.4, -0.2) is 9.97 Å². The molecule has 0 saturated heterocycles. The van der Waals surface area contributed by atoms with Gasteiger partial charge in [0.1, 0.15) is 14.9 Å². The predicted molar refractivity (Wildman–Crippen MR) is 84.9 cm³/mol. The molecule has 2 heterocycles. The zero-order chi connectivity index (χ0) is 15.0. The molecule has 0 saturated carbocycles. The Morgan fingerprint density at radius 2 is 2.10 bits per heavy atom. The molecular weight excluding hydrogens is 387 g/mol. The van der Waals surface area contributed by atoms with Gasteiger partial charge in [-0.2, -0.15) is 0 Å². The summed E-state index contributed by atoms with van der Waals surface area (Å²) in [7, 11) is 0. The van der Waals surface area contributed by atoms with Gasteiger partial charge in [0.2, 0.25) is 5.88 Å². The van der Waals surface area contributed by atoms with Crippen LogP contribution in [0.1, 0.15) is 5.56 Å². The molecule has 0 aliphatic carbocycles. The van der Waals surface area contributed by atoms with Crippen molar-refractivity contribution in [2.45, 2.75) is 6.92 Å². The summed E-state index contributed by atoms with van der Waals surface area (Å²) in [6.07, 6.45) is 1.27. The van der Waals surface area contributed by atoms with Crippen molar-refractivity contribution in [3.05, 3.63) is 60.5 Å². The molecular formula is C14H9IN2O4. The van der Waals surface area contributed by atoms with Gasteiger partial charge in [-0.15, -0.1) is 0 Å². The van der Waals surface area contributed by atoms with E-state index >= 15 is 0 Å². The van der Waals surface area contributed by atoms with Gasteiger partial charge < -0.3 is 14.1 Å². The lowest BCUT2D eigenvalue weighted by Crippen LogP contribution is -2.11. The molecule has 0 aliphatic rings. The quantitative estimate of drug-likeness (QED) is 0.532. The third-order valence-electron chi connectivity index (χ3n) is 2.90. The van der Waals surface area contributed by atoms with Crippen LogP contribution < -0.4 is 15.9 Å². The minimum absolute atomic E-state index is 0.203. The molecule has 0 unspecified atom stereocenters. The summed E-state index contributed by atoms with van der Waals surface area (Å²) in [5.41, 5.74) is 0.568. The van der Waals surface area contributed by atoms with Crippen molar-refractivity contribution < 1.29 is 9.15 Å². The zero-order valence-electron chi connectivity index (χ0n) is 10.8. The molecule has 21 heavy (non-hydrogen) atoms. The van der Waals surface area contributed by atoms with Gasteiger partial charge in [-0.3, -0.25) is 4.79 Å². The van der Waals surface area contributed by atoms with E-state index < -0.39 is 5.63 Å². The SMILES string of the molecule is Cc1cc(=O)oc2cc(Oc3nc[nH]c(=O)c3I)ccc12. The van der Waals surface area contributed by atoms with Gasteiger partial charge >= 0.3 is 5.63 Å². The van der Waals surface area contributed by atoms with E-state index in [0.29, 0.717) is 14.9 Å². The van der Waals surface area contributed by atoms with Crippen LogP contribution in [0.15, 0.2) is 44.6 Å². The molecule has 0 fully saturated rings. The van der Waals surface area contributed by atoms with Crippen molar-refractivity contribution in [3.63, 3.8) is 0 Å². The number of aromatic amines is 1. The number of aromatic nitrogens is 2. The molecule has 6 nitrogen and oxygen atoms in total. The van der Waals surface area contributed by atoms with E-state index in [1.54, 1.807) is 18.2 Å². The van der Waals surface area contributed by atoms with E-state index in [4.69, 9.17) is 9.15 Å². The number of benzene rings is 1. The Morgan fingerprint density at radius 1 is 1.29 bits per heavy atom. The number of aryl methyl sites for hydroxylation is 1. The van der Waals surface area contributed by atoms with Crippen LogP contribution >= 0.6 is 22.6 Å².